The van der Waals surface area contributed by atoms with E-state index in [0.717, 1.165) is 5.56 Å². The van der Waals surface area contributed by atoms with Crippen LogP contribution in [0.5, 0.6) is 5.75 Å². The Labute approximate surface area is 287 Å². The monoisotopic (exact) mass is 675 g/mol. The van der Waals surface area contributed by atoms with Gasteiger partial charge in [0.25, 0.3) is 0 Å². The highest BCUT2D eigenvalue weighted by atomic mass is 16.5. The molecule has 48 heavy (non-hydrogen) atoms. The second kappa shape index (κ2) is 22.2. The number of nitrogens with zero attached hydrogens (tertiary/aromatic N) is 1. The van der Waals surface area contributed by atoms with Crippen molar-refractivity contribution in [2.24, 2.45) is 23.5 Å². The molecule has 0 aliphatic heterocycles. The van der Waals surface area contributed by atoms with E-state index in [1.54, 1.807) is 26.3 Å². The Kier molecular flexibility index (Phi) is 19.6. The number of methoxy groups -OCH3 is 1. The zero-order valence-electron chi connectivity index (χ0n) is 30.3. The van der Waals surface area contributed by atoms with Crippen molar-refractivity contribution in [1.29, 1.82) is 0 Å². The van der Waals surface area contributed by atoms with E-state index in [4.69, 9.17) is 10.5 Å². The predicted molar refractivity (Wildman–Crippen MR) is 187 cm³/mol. The van der Waals surface area contributed by atoms with Gasteiger partial charge >= 0.3 is 0 Å². The molecule has 0 bridgehead atoms. The molecular formula is C36H61N5O7. The van der Waals surface area contributed by atoms with Crippen molar-refractivity contribution in [1.82, 2.24) is 20.9 Å². The summed E-state index contributed by atoms with van der Waals surface area (Å²) in [5, 5.41) is 19.2. The molecule has 6 N–H and O–H groups in total. The summed E-state index contributed by atoms with van der Waals surface area (Å²) in [6, 6.07) is 4.92. The first kappa shape index (κ1) is 42.5. The van der Waals surface area contributed by atoms with Gasteiger partial charge in [0.2, 0.25) is 29.5 Å². The van der Waals surface area contributed by atoms with Crippen LogP contribution in [0.25, 0.3) is 0 Å². The minimum absolute atomic E-state index is 0.0924. The molecule has 12 heteroatoms. The minimum atomic E-state index is -1.14. The van der Waals surface area contributed by atoms with Crippen LogP contribution < -0.4 is 26.4 Å². The highest BCUT2D eigenvalue weighted by molar-refractivity contribution is 5.95. The second-order valence-corrected chi connectivity index (χ2v) is 14.0. The Morgan fingerprint density at radius 3 is 2.02 bits per heavy atom. The third-order valence-corrected chi connectivity index (χ3v) is 7.93. The number of aliphatic hydroxyl groups excluding tert-OH is 1. The molecule has 1 rings (SSSR count). The SMILES string of the molecule is COc1ccc(C[C@H](N)C(=O)N(C)[C@@H](CC(C)C)C(=O)N[C@@H](CC(C)C)[C@@H](O)CC(=O)NCCCCCC(=O)NC(=O)CC(C)C)cc1. The first-order valence-electron chi connectivity index (χ1n) is 17.3. The number of benzene rings is 1. The van der Waals surface area contributed by atoms with Gasteiger partial charge in [-0.25, -0.2) is 0 Å². The number of carbonyl (C=O) groups excluding carboxylic acids is 5. The van der Waals surface area contributed by atoms with Gasteiger partial charge in [0, 0.05) is 26.4 Å². The van der Waals surface area contributed by atoms with Gasteiger partial charge in [0.05, 0.1) is 31.7 Å². The summed E-state index contributed by atoms with van der Waals surface area (Å²) in [7, 11) is 3.15. The number of likely N-dealkylation sites (N-methyl/N-ethyl adjacent to an activating group) is 1. The molecule has 0 unspecified atom stereocenters. The third-order valence-electron chi connectivity index (χ3n) is 7.93. The lowest BCUT2D eigenvalue weighted by atomic mass is 9.95. The number of imide groups is 1. The maximum Gasteiger partial charge on any atom is 0.243 e. The van der Waals surface area contributed by atoms with Crippen molar-refractivity contribution in [3.05, 3.63) is 29.8 Å². The van der Waals surface area contributed by atoms with Crippen LogP contribution in [0.1, 0.15) is 98.5 Å². The van der Waals surface area contributed by atoms with Gasteiger partial charge in [-0.15, -0.1) is 0 Å². The smallest absolute Gasteiger partial charge is 0.243 e. The van der Waals surface area contributed by atoms with Crippen molar-refractivity contribution < 1.29 is 33.8 Å². The Balaban J connectivity index is 2.71. The topological polar surface area (TPSA) is 180 Å². The summed E-state index contributed by atoms with van der Waals surface area (Å²) >= 11 is 0. The average molecular weight is 676 g/mol. The van der Waals surface area contributed by atoms with Crippen LogP contribution in [0.3, 0.4) is 0 Å². The summed E-state index contributed by atoms with van der Waals surface area (Å²) in [5.41, 5.74) is 7.17. The maximum atomic E-state index is 13.7. The average Bonchev–Trinajstić information content (AvgIpc) is 2.99. The van der Waals surface area contributed by atoms with Crippen LogP contribution in [-0.2, 0) is 30.4 Å². The number of ether oxygens (including phenoxy) is 1. The zero-order valence-corrected chi connectivity index (χ0v) is 30.3. The molecule has 0 spiro atoms. The zero-order chi connectivity index (χ0) is 36.4. The number of nitrogens with one attached hydrogen (secondary N) is 3. The normalized spacial score (nSPS) is 13.9. The molecular weight excluding hydrogens is 614 g/mol. The molecule has 12 nitrogen and oxygen atoms in total. The molecule has 0 aliphatic carbocycles. The van der Waals surface area contributed by atoms with Crippen molar-refractivity contribution >= 4 is 29.5 Å². The summed E-state index contributed by atoms with van der Waals surface area (Å²) < 4.78 is 5.19. The molecule has 0 fully saturated rings. The summed E-state index contributed by atoms with van der Waals surface area (Å²) in [5.74, 6) is -0.603. The van der Waals surface area contributed by atoms with Gasteiger partial charge < -0.3 is 31.1 Å². The van der Waals surface area contributed by atoms with E-state index in [1.165, 1.54) is 4.90 Å². The Hall–Kier alpha value is -3.51. The number of rotatable bonds is 22. The second-order valence-electron chi connectivity index (χ2n) is 14.0. The Morgan fingerprint density at radius 2 is 1.46 bits per heavy atom. The molecule has 0 saturated carbocycles. The number of nitrogens with two attached hydrogens (primary N) is 1. The number of hydrogen-bond donors (Lipinski definition) is 5. The van der Waals surface area contributed by atoms with Crippen LogP contribution in [0.4, 0.5) is 0 Å². The van der Waals surface area contributed by atoms with Gasteiger partial charge in [-0.3, -0.25) is 29.3 Å². The lowest BCUT2D eigenvalue weighted by Gasteiger charge is -2.33. The first-order valence-corrected chi connectivity index (χ1v) is 17.3. The Morgan fingerprint density at radius 1 is 0.833 bits per heavy atom. The van der Waals surface area contributed by atoms with Gasteiger partial charge in [-0.1, -0.05) is 60.1 Å². The van der Waals surface area contributed by atoms with Crippen molar-refractivity contribution in [3.8, 4) is 5.75 Å². The number of amides is 5. The summed E-state index contributed by atoms with van der Waals surface area (Å²) in [6.45, 7) is 12.1. The van der Waals surface area contributed by atoms with Gasteiger partial charge in [0.1, 0.15) is 11.8 Å². The fourth-order valence-electron chi connectivity index (χ4n) is 5.36. The molecule has 4 atom stereocenters. The van der Waals surface area contributed by atoms with Crippen LogP contribution >= 0.6 is 0 Å². The van der Waals surface area contributed by atoms with E-state index in [1.807, 2.05) is 53.7 Å². The summed E-state index contributed by atoms with van der Waals surface area (Å²) in [6.07, 6.45) is 2.24. The molecule has 0 aliphatic rings. The summed E-state index contributed by atoms with van der Waals surface area (Å²) in [4.78, 5) is 64.7. The molecule has 1 aromatic carbocycles. The fraction of sp³-hybridized carbons (Fsp3) is 0.694. The first-order chi connectivity index (χ1) is 22.5. The molecule has 0 radical (unpaired) electrons. The lowest BCUT2D eigenvalue weighted by Crippen LogP contribution is -2.56. The molecule has 272 valence electrons. The number of unbranched alkanes of at least 4 members (excludes halogenated alkanes) is 2. The standard InChI is InChI=1S/C36H61N5O7/c1-23(2)18-29(31(42)22-33(44)38-17-11-9-10-12-32(43)40-34(45)20-25(5)6)39-35(46)30(19-24(3)4)41(7)36(47)28(37)21-26-13-15-27(48-8)16-14-26/h13-16,23-25,28-31,42H,9-12,17-22,37H2,1-8H3,(H,38,44)(H,39,46)(H,40,43,45)/t28-,29-,30-,31-/m0/s1. The number of hydrogen-bond acceptors (Lipinski definition) is 8. The van der Waals surface area contributed by atoms with Crippen molar-refractivity contribution in [2.45, 2.75) is 124 Å². The van der Waals surface area contributed by atoms with E-state index in [9.17, 15) is 29.1 Å². The quantitative estimate of drug-likeness (QED) is 0.116. The van der Waals surface area contributed by atoms with Gasteiger partial charge in [-0.2, -0.15) is 0 Å². The van der Waals surface area contributed by atoms with Crippen LogP contribution in [-0.4, -0.2) is 84.5 Å². The lowest BCUT2D eigenvalue weighted by molar-refractivity contribution is -0.141. The van der Waals surface area contributed by atoms with E-state index in [-0.39, 0.29) is 54.2 Å². The molecule has 5 amide bonds. The third kappa shape index (κ3) is 17.1. The molecule has 0 saturated heterocycles. The minimum Gasteiger partial charge on any atom is -0.497 e. The largest absolute Gasteiger partial charge is 0.497 e. The van der Waals surface area contributed by atoms with E-state index >= 15 is 0 Å². The molecule has 0 heterocycles. The predicted octanol–water partition coefficient (Wildman–Crippen LogP) is 3.09. The molecule has 0 aromatic heterocycles. The number of carbonyl (C=O) groups is 5. The number of aliphatic hydroxyl groups is 1. The van der Waals surface area contributed by atoms with Gasteiger partial charge in [-0.05, 0) is 67.6 Å². The van der Waals surface area contributed by atoms with Crippen LogP contribution in [0.15, 0.2) is 24.3 Å². The van der Waals surface area contributed by atoms with Crippen molar-refractivity contribution in [2.75, 3.05) is 20.7 Å². The highest BCUT2D eigenvalue weighted by Crippen LogP contribution is 2.17. The van der Waals surface area contributed by atoms with E-state index < -0.39 is 30.1 Å². The van der Waals surface area contributed by atoms with Crippen LogP contribution in [0, 0.1) is 17.8 Å². The van der Waals surface area contributed by atoms with E-state index in [0.29, 0.717) is 57.2 Å². The van der Waals surface area contributed by atoms with Crippen molar-refractivity contribution in [3.63, 3.8) is 0 Å². The maximum absolute atomic E-state index is 13.7. The fourth-order valence-corrected chi connectivity index (χ4v) is 5.36. The van der Waals surface area contributed by atoms with Crippen LogP contribution in [0.2, 0.25) is 0 Å². The highest BCUT2D eigenvalue weighted by Gasteiger charge is 2.33. The molecule has 1 aromatic rings. The van der Waals surface area contributed by atoms with Gasteiger partial charge in [0.15, 0.2) is 0 Å². The van der Waals surface area contributed by atoms with E-state index in [2.05, 4.69) is 16.0 Å². The Bertz CT molecular complexity index is 1160.